The molecule has 156 valence electrons. The number of rotatable bonds is 5. The van der Waals surface area contributed by atoms with Crippen LogP contribution in [-0.4, -0.2) is 15.0 Å². The lowest BCUT2D eigenvalue weighted by Crippen LogP contribution is -2.02. The van der Waals surface area contributed by atoms with Crippen molar-refractivity contribution in [3.63, 3.8) is 0 Å². The van der Waals surface area contributed by atoms with Crippen LogP contribution in [0.3, 0.4) is 0 Å². The zero-order valence-corrected chi connectivity index (χ0v) is 16.9. The molecule has 0 spiro atoms. The standard InChI is InChI=1S/C25H18FN5O/c26-20-13-18(29-24-14-21(30-25(27)31-24)16-5-2-1-3-6-16)9-10-23(20)32-22-8-4-7-17-15-28-12-11-19(17)22/h1-15H,(H3,27,29,30,31). The maximum Gasteiger partial charge on any atom is 0.222 e. The molecular formula is C25H18FN5O. The number of fused-ring (bicyclic) bond motifs is 1. The molecule has 0 bridgehead atoms. The van der Waals surface area contributed by atoms with E-state index in [-0.39, 0.29) is 11.7 Å². The lowest BCUT2D eigenvalue weighted by atomic mass is 10.1. The Hall–Kier alpha value is -4.52. The van der Waals surface area contributed by atoms with Gasteiger partial charge in [-0.05, 0) is 24.3 Å². The molecule has 0 saturated carbocycles. The Balaban J connectivity index is 1.40. The van der Waals surface area contributed by atoms with Crippen LogP contribution < -0.4 is 15.8 Å². The predicted molar refractivity (Wildman–Crippen MR) is 123 cm³/mol. The van der Waals surface area contributed by atoms with E-state index in [2.05, 4.69) is 20.3 Å². The van der Waals surface area contributed by atoms with Gasteiger partial charge in [0.25, 0.3) is 0 Å². The average molecular weight is 423 g/mol. The van der Waals surface area contributed by atoms with Gasteiger partial charge in [0.15, 0.2) is 11.6 Å². The van der Waals surface area contributed by atoms with Gasteiger partial charge in [-0.25, -0.2) is 9.37 Å². The smallest absolute Gasteiger partial charge is 0.222 e. The molecule has 5 rings (SSSR count). The molecule has 0 radical (unpaired) electrons. The number of nitrogens with zero attached hydrogens (tertiary/aromatic N) is 3. The molecule has 0 atom stereocenters. The van der Waals surface area contributed by atoms with Crippen LogP contribution in [0.15, 0.2) is 91.3 Å². The van der Waals surface area contributed by atoms with E-state index in [0.717, 1.165) is 16.3 Å². The van der Waals surface area contributed by atoms with Gasteiger partial charge in [0.2, 0.25) is 5.95 Å². The van der Waals surface area contributed by atoms with Crippen molar-refractivity contribution in [2.75, 3.05) is 11.1 Å². The number of nitrogens with two attached hydrogens (primary N) is 1. The number of nitrogen functional groups attached to an aromatic ring is 1. The van der Waals surface area contributed by atoms with Crippen LogP contribution >= 0.6 is 0 Å². The van der Waals surface area contributed by atoms with E-state index >= 15 is 0 Å². The summed E-state index contributed by atoms with van der Waals surface area (Å²) < 4.78 is 20.7. The number of hydrogen-bond donors (Lipinski definition) is 2. The molecular weight excluding hydrogens is 405 g/mol. The summed E-state index contributed by atoms with van der Waals surface area (Å²) in [5.74, 6) is 0.754. The van der Waals surface area contributed by atoms with E-state index in [4.69, 9.17) is 10.5 Å². The first-order chi connectivity index (χ1) is 15.7. The topological polar surface area (TPSA) is 86.0 Å². The van der Waals surface area contributed by atoms with E-state index in [1.54, 1.807) is 36.7 Å². The van der Waals surface area contributed by atoms with Gasteiger partial charge in [0, 0.05) is 46.5 Å². The highest BCUT2D eigenvalue weighted by Gasteiger charge is 2.10. The van der Waals surface area contributed by atoms with E-state index in [1.165, 1.54) is 6.07 Å². The summed E-state index contributed by atoms with van der Waals surface area (Å²) in [6.07, 6.45) is 3.42. The van der Waals surface area contributed by atoms with Gasteiger partial charge < -0.3 is 15.8 Å². The molecule has 32 heavy (non-hydrogen) atoms. The summed E-state index contributed by atoms with van der Waals surface area (Å²) in [4.78, 5) is 12.6. The number of hydrogen-bond acceptors (Lipinski definition) is 6. The second kappa shape index (κ2) is 8.31. The van der Waals surface area contributed by atoms with Crippen molar-refractivity contribution in [1.29, 1.82) is 0 Å². The number of aromatic nitrogens is 3. The average Bonchev–Trinajstić information content (AvgIpc) is 2.81. The Morgan fingerprint density at radius 3 is 2.56 bits per heavy atom. The summed E-state index contributed by atoms with van der Waals surface area (Å²) in [5.41, 5.74) is 7.96. The Labute approximate surface area is 183 Å². The van der Waals surface area contributed by atoms with Crippen LogP contribution in [0.25, 0.3) is 22.0 Å². The van der Waals surface area contributed by atoms with Gasteiger partial charge in [-0.2, -0.15) is 4.98 Å². The van der Waals surface area contributed by atoms with Crippen LogP contribution in [-0.2, 0) is 0 Å². The molecule has 7 heteroatoms. The largest absolute Gasteiger partial charge is 0.454 e. The van der Waals surface area contributed by atoms with Gasteiger partial charge in [-0.1, -0.05) is 42.5 Å². The monoisotopic (exact) mass is 423 g/mol. The quantitative estimate of drug-likeness (QED) is 0.363. The van der Waals surface area contributed by atoms with Gasteiger partial charge in [-0.3, -0.25) is 4.98 Å². The molecule has 0 saturated heterocycles. The lowest BCUT2D eigenvalue weighted by molar-refractivity contribution is 0.447. The van der Waals surface area contributed by atoms with Crippen molar-refractivity contribution in [2.24, 2.45) is 0 Å². The van der Waals surface area contributed by atoms with Crippen molar-refractivity contribution in [3.8, 4) is 22.8 Å². The summed E-state index contributed by atoms with van der Waals surface area (Å²) >= 11 is 0. The first-order valence-corrected chi connectivity index (χ1v) is 9.93. The molecule has 0 aliphatic carbocycles. The SMILES string of the molecule is Nc1nc(Nc2ccc(Oc3cccc4cnccc34)c(F)c2)cc(-c2ccccc2)n1. The summed E-state index contributed by atoms with van der Waals surface area (Å²) in [6, 6.07) is 23.4. The van der Waals surface area contributed by atoms with Crippen LogP contribution in [0.5, 0.6) is 11.5 Å². The third kappa shape index (κ3) is 4.04. The lowest BCUT2D eigenvalue weighted by Gasteiger charge is -2.12. The summed E-state index contributed by atoms with van der Waals surface area (Å²) in [5, 5.41) is 4.85. The molecule has 5 aromatic rings. The van der Waals surface area contributed by atoms with Gasteiger partial charge in [0.05, 0.1) is 5.69 Å². The normalized spacial score (nSPS) is 10.8. The molecule has 0 fully saturated rings. The number of ether oxygens (including phenoxy) is 1. The number of nitrogens with one attached hydrogen (secondary N) is 1. The zero-order valence-electron chi connectivity index (χ0n) is 16.9. The van der Waals surface area contributed by atoms with Crippen molar-refractivity contribution >= 4 is 28.2 Å². The molecule has 0 aliphatic heterocycles. The van der Waals surface area contributed by atoms with E-state index < -0.39 is 5.82 Å². The van der Waals surface area contributed by atoms with Crippen molar-refractivity contribution < 1.29 is 9.13 Å². The molecule has 3 aromatic carbocycles. The number of pyridine rings is 1. The van der Waals surface area contributed by atoms with E-state index in [0.29, 0.717) is 22.9 Å². The highest BCUT2D eigenvalue weighted by Crippen LogP contribution is 2.32. The Morgan fingerprint density at radius 2 is 1.72 bits per heavy atom. The molecule has 2 heterocycles. The van der Waals surface area contributed by atoms with Crippen LogP contribution in [0.4, 0.5) is 21.8 Å². The van der Waals surface area contributed by atoms with Crippen LogP contribution in [0.1, 0.15) is 0 Å². The third-order valence-corrected chi connectivity index (χ3v) is 4.88. The molecule has 0 amide bonds. The second-order valence-corrected chi connectivity index (χ2v) is 7.09. The van der Waals surface area contributed by atoms with E-state index in [1.807, 2.05) is 48.5 Å². The molecule has 3 N–H and O–H groups in total. The minimum atomic E-state index is -0.508. The molecule has 0 unspecified atom stereocenters. The second-order valence-electron chi connectivity index (χ2n) is 7.09. The maximum atomic E-state index is 14.8. The summed E-state index contributed by atoms with van der Waals surface area (Å²) in [6.45, 7) is 0. The van der Waals surface area contributed by atoms with Gasteiger partial charge in [0.1, 0.15) is 11.6 Å². The van der Waals surface area contributed by atoms with Crippen molar-refractivity contribution in [3.05, 3.63) is 97.1 Å². The number of halogens is 1. The third-order valence-electron chi connectivity index (χ3n) is 4.88. The fraction of sp³-hybridized carbons (Fsp3) is 0. The minimum absolute atomic E-state index is 0.118. The Kier molecular flexibility index (Phi) is 5.05. The molecule has 2 aromatic heterocycles. The maximum absolute atomic E-state index is 14.8. The highest BCUT2D eigenvalue weighted by molar-refractivity contribution is 5.87. The van der Waals surface area contributed by atoms with Gasteiger partial charge in [-0.15, -0.1) is 0 Å². The predicted octanol–water partition coefficient (Wildman–Crippen LogP) is 5.95. The summed E-state index contributed by atoms with van der Waals surface area (Å²) in [7, 11) is 0. The molecule has 0 aliphatic rings. The number of benzene rings is 3. The molecule has 6 nitrogen and oxygen atoms in total. The Bertz CT molecular complexity index is 1400. The fourth-order valence-electron chi connectivity index (χ4n) is 3.40. The van der Waals surface area contributed by atoms with Crippen LogP contribution in [0.2, 0.25) is 0 Å². The van der Waals surface area contributed by atoms with Gasteiger partial charge >= 0.3 is 0 Å². The highest BCUT2D eigenvalue weighted by atomic mass is 19.1. The minimum Gasteiger partial charge on any atom is -0.454 e. The fourth-order valence-corrected chi connectivity index (χ4v) is 3.40. The number of anilines is 3. The first-order valence-electron chi connectivity index (χ1n) is 9.93. The first kappa shape index (κ1) is 19.4. The zero-order chi connectivity index (χ0) is 21.9. The Morgan fingerprint density at radius 1 is 0.844 bits per heavy atom. The van der Waals surface area contributed by atoms with Crippen molar-refractivity contribution in [2.45, 2.75) is 0 Å². The van der Waals surface area contributed by atoms with Crippen molar-refractivity contribution in [1.82, 2.24) is 15.0 Å². The van der Waals surface area contributed by atoms with E-state index in [9.17, 15) is 4.39 Å². The van der Waals surface area contributed by atoms with Crippen LogP contribution in [0, 0.1) is 5.82 Å².